The van der Waals surface area contributed by atoms with Gasteiger partial charge in [0.25, 0.3) is 0 Å². The van der Waals surface area contributed by atoms with Gasteiger partial charge in [0.05, 0.1) is 25.3 Å². The number of nitrogens with one attached hydrogen (secondary N) is 1. The van der Waals surface area contributed by atoms with E-state index in [2.05, 4.69) is 17.1 Å². The molecule has 1 N–H and O–H groups in total. The maximum absolute atomic E-state index is 12.5. The number of carbonyl (C=O) groups is 1. The lowest BCUT2D eigenvalue weighted by Gasteiger charge is -2.12. The van der Waals surface area contributed by atoms with E-state index >= 15 is 0 Å². The largest absolute Gasteiger partial charge is 0.493 e. The molecule has 1 aliphatic heterocycles. The summed E-state index contributed by atoms with van der Waals surface area (Å²) in [5, 5.41) is 2.20. The zero-order valence-electron chi connectivity index (χ0n) is 15.0. The molecule has 5 heteroatoms. The number of aromatic amines is 1. The molecule has 0 saturated carbocycles. The van der Waals surface area contributed by atoms with Crippen molar-refractivity contribution in [2.24, 2.45) is 0 Å². The third-order valence-corrected chi connectivity index (χ3v) is 5.12. The highest BCUT2D eigenvalue weighted by Gasteiger charge is 2.29. The molecule has 5 rings (SSSR count). The molecule has 1 aromatic heterocycles. The van der Waals surface area contributed by atoms with Crippen molar-refractivity contribution in [3.63, 3.8) is 0 Å². The molecule has 0 radical (unpaired) electrons. The number of H-pyrrole nitrogens is 1. The summed E-state index contributed by atoms with van der Waals surface area (Å²) in [5.41, 5.74) is 5.18. The van der Waals surface area contributed by atoms with Gasteiger partial charge in [-0.1, -0.05) is 24.3 Å². The fourth-order valence-corrected chi connectivity index (χ4v) is 3.89. The average molecular weight is 359 g/mol. The zero-order chi connectivity index (χ0) is 18.5. The summed E-state index contributed by atoms with van der Waals surface area (Å²) in [5.74, 6) is 0.961. The van der Waals surface area contributed by atoms with Crippen LogP contribution in [0.1, 0.15) is 15.9 Å². The highest BCUT2D eigenvalue weighted by molar-refractivity contribution is 6.17. The SMILES string of the molecule is COc1ccc(-c2c3c(cc4c2[nH]c2ccccc24)COC3=O)cc1OC. The lowest BCUT2D eigenvalue weighted by Crippen LogP contribution is -1.99. The van der Waals surface area contributed by atoms with Crippen molar-refractivity contribution in [2.45, 2.75) is 6.61 Å². The molecular formula is C22H17NO4. The fourth-order valence-electron chi connectivity index (χ4n) is 3.89. The van der Waals surface area contributed by atoms with E-state index < -0.39 is 0 Å². The molecule has 1 aliphatic rings. The predicted molar refractivity (Wildman–Crippen MR) is 103 cm³/mol. The Labute approximate surface area is 155 Å². The van der Waals surface area contributed by atoms with Crippen LogP contribution in [0.2, 0.25) is 0 Å². The molecule has 4 aromatic rings. The Balaban J connectivity index is 1.90. The first kappa shape index (κ1) is 15.8. The number of carbonyl (C=O) groups excluding carboxylic acids is 1. The molecule has 5 nitrogen and oxygen atoms in total. The maximum Gasteiger partial charge on any atom is 0.339 e. The second kappa shape index (κ2) is 5.77. The lowest BCUT2D eigenvalue weighted by atomic mass is 9.93. The van der Waals surface area contributed by atoms with Gasteiger partial charge in [0.15, 0.2) is 11.5 Å². The summed E-state index contributed by atoms with van der Waals surface area (Å²) in [6, 6.07) is 15.9. The average Bonchev–Trinajstić information content (AvgIpc) is 3.26. The molecule has 0 atom stereocenters. The summed E-state index contributed by atoms with van der Waals surface area (Å²) in [7, 11) is 3.20. The van der Waals surface area contributed by atoms with Gasteiger partial charge in [0.1, 0.15) is 6.61 Å². The zero-order valence-corrected chi connectivity index (χ0v) is 15.0. The quantitative estimate of drug-likeness (QED) is 0.540. The van der Waals surface area contributed by atoms with Gasteiger partial charge in [0, 0.05) is 27.4 Å². The number of benzene rings is 3. The van der Waals surface area contributed by atoms with E-state index in [4.69, 9.17) is 14.2 Å². The lowest BCUT2D eigenvalue weighted by molar-refractivity contribution is 0.0535. The van der Waals surface area contributed by atoms with Crippen molar-refractivity contribution < 1.29 is 19.0 Å². The summed E-state index contributed by atoms with van der Waals surface area (Å²) in [6.07, 6.45) is 0. The Morgan fingerprint density at radius 2 is 1.74 bits per heavy atom. The number of methoxy groups -OCH3 is 2. The van der Waals surface area contributed by atoms with Crippen LogP contribution >= 0.6 is 0 Å². The Morgan fingerprint density at radius 1 is 0.926 bits per heavy atom. The number of ether oxygens (including phenoxy) is 3. The van der Waals surface area contributed by atoms with Gasteiger partial charge in [-0.05, 0) is 29.8 Å². The van der Waals surface area contributed by atoms with E-state index in [9.17, 15) is 4.79 Å². The maximum atomic E-state index is 12.5. The van der Waals surface area contributed by atoms with Crippen molar-refractivity contribution in [1.82, 2.24) is 4.98 Å². The van der Waals surface area contributed by atoms with Gasteiger partial charge >= 0.3 is 5.97 Å². The van der Waals surface area contributed by atoms with Crippen molar-refractivity contribution in [3.8, 4) is 22.6 Å². The summed E-state index contributed by atoms with van der Waals surface area (Å²) in [4.78, 5) is 16.0. The number of rotatable bonds is 3. The Morgan fingerprint density at radius 3 is 2.56 bits per heavy atom. The smallest absolute Gasteiger partial charge is 0.339 e. The van der Waals surface area contributed by atoms with Crippen molar-refractivity contribution in [3.05, 3.63) is 59.7 Å². The molecule has 2 heterocycles. The normalized spacial score (nSPS) is 13.0. The number of para-hydroxylation sites is 1. The fraction of sp³-hybridized carbons (Fsp3) is 0.136. The third-order valence-electron chi connectivity index (χ3n) is 5.12. The summed E-state index contributed by atoms with van der Waals surface area (Å²) >= 11 is 0. The second-order valence-corrected chi connectivity index (χ2v) is 6.52. The van der Waals surface area contributed by atoms with Crippen LogP contribution in [-0.4, -0.2) is 25.2 Å². The number of fused-ring (bicyclic) bond motifs is 4. The van der Waals surface area contributed by atoms with E-state index in [0.717, 1.165) is 38.5 Å². The van der Waals surface area contributed by atoms with Gasteiger partial charge in [-0.2, -0.15) is 0 Å². The number of cyclic esters (lactones) is 1. The van der Waals surface area contributed by atoms with Crippen LogP contribution in [0.5, 0.6) is 11.5 Å². The highest BCUT2D eigenvalue weighted by Crippen LogP contribution is 2.42. The van der Waals surface area contributed by atoms with Gasteiger partial charge in [-0.3, -0.25) is 0 Å². The molecule has 0 aliphatic carbocycles. The van der Waals surface area contributed by atoms with Gasteiger partial charge in [0.2, 0.25) is 0 Å². The monoisotopic (exact) mass is 359 g/mol. The van der Waals surface area contributed by atoms with Crippen LogP contribution in [0.4, 0.5) is 0 Å². The molecule has 134 valence electrons. The van der Waals surface area contributed by atoms with Gasteiger partial charge in [-0.25, -0.2) is 4.79 Å². The molecule has 3 aromatic carbocycles. The van der Waals surface area contributed by atoms with Crippen LogP contribution in [0.15, 0.2) is 48.5 Å². The standard InChI is InChI=1S/C22H17NO4/c1-25-17-8-7-12(10-18(17)26-2)19-20-13(11-27-22(20)24)9-15-14-5-3-4-6-16(14)23-21(15)19/h3-10,23H,11H2,1-2H3. The first-order chi connectivity index (χ1) is 13.2. The van der Waals surface area contributed by atoms with Crippen molar-refractivity contribution in [1.29, 1.82) is 0 Å². The minimum Gasteiger partial charge on any atom is -0.493 e. The minimum atomic E-state index is -0.296. The van der Waals surface area contributed by atoms with Crippen LogP contribution < -0.4 is 9.47 Å². The molecule has 27 heavy (non-hydrogen) atoms. The molecule has 0 spiro atoms. The Bertz CT molecular complexity index is 1220. The van der Waals surface area contributed by atoms with E-state index in [1.807, 2.05) is 36.4 Å². The minimum absolute atomic E-state index is 0.296. The van der Waals surface area contributed by atoms with E-state index in [1.54, 1.807) is 14.2 Å². The van der Waals surface area contributed by atoms with Crippen LogP contribution in [0.3, 0.4) is 0 Å². The second-order valence-electron chi connectivity index (χ2n) is 6.52. The summed E-state index contributed by atoms with van der Waals surface area (Å²) in [6.45, 7) is 0.296. The van der Waals surface area contributed by atoms with Gasteiger partial charge in [-0.15, -0.1) is 0 Å². The van der Waals surface area contributed by atoms with E-state index in [0.29, 0.717) is 23.7 Å². The molecule has 0 fully saturated rings. The number of esters is 1. The first-order valence-corrected chi connectivity index (χ1v) is 8.67. The summed E-state index contributed by atoms with van der Waals surface area (Å²) < 4.78 is 16.1. The third kappa shape index (κ3) is 2.21. The Kier molecular flexibility index (Phi) is 3.37. The molecule has 0 amide bonds. The van der Waals surface area contributed by atoms with Crippen LogP contribution in [-0.2, 0) is 11.3 Å². The van der Waals surface area contributed by atoms with Crippen LogP contribution in [0.25, 0.3) is 32.9 Å². The van der Waals surface area contributed by atoms with E-state index in [1.165, 1.54) is 0 Å². The molecule has 0 bridgehead atoms. The molecular weight excluding hydrogens is 342 g/mol. The predicted octanol–water partition coefficient (Wildman–Crippen LogP) is 4.68. The molecule has 0 saturated heterocycles. The molecule has 0 unspecified atom stereocenters. The highest BCUT2D eigenvalue weighted by atomic mass is 16.5. The number of hydrogen-bond donors (Lipinski definition) is 1. The van der Waals surface area contributed by atoms with Crippen molar-refractivity contribution >= 4 is 27.8 Å². The topological polar surface area (TPSA) is 60.5 Å². The number of aromatic nitrogens is 1. The van der Waals surface area contributed by atoms with Gasteiger partial charge < -0.3 is 19.2 Å². The van der Waals surface area contributed by atoms with E-state index in [-0.39, 0.29) is 5.97 Å². The first-order valence-electron chi connectivity index (χ1n) is 8.67. The van der Waals surface area contributed by atoms with Crippen molar-refractivity contribution in [2.75, 3.05) is 14.2 Å². The Hall–Kier alpha value is -3.47. The number of hydrogen-bond acceptors (Lipinski definition) is 4. The van der Waals surface area contributed by atoms with Crippen LogP contribution in [0, 0.1) is 0 Å².